The summed E-state index contributed by atoms with van der Waals surface area (Å²) in [6.07, 6.45) is 4.05. The molecule has 2 unspecified atom stereocenters. The van der Waals surface area contributed by atoms with Gasteiger partial charge in [-0.15, -0.1) is 0 Å². The zero-order chi connectivity index (χ0) is 12.8. The molecule has 0 aromatic carbocycles. The number of carbonyl (C=O) groups is 2. The van der Waals surface area contributed by atoms with Crippen LogP contribution in [0.5, 0.6) is 0 Å². The lowest BCUT2D eigenvalue weighted by atomic mass is 10.0. The number of esters is 1. The number of hydrogen-bond donors (Lipinski definition) is 0. The van der Waals surface area contributed by atoms with Gasteiger partial charge in [0.2, 0.25) is 5.91 Å². The van der Waals surface area contributed by atoms with Crippen molar-refractivity contribution in [2.24, 2.45) is 0 Å². The Labute approximate surface area is 103 Å². The van der Waals surface area contributed by atoms with Crippen LogP contribution in [0, 0.1) is 0 Å². The summed E-state index contributed by atoms with van der Waals surface area (Å²) in [6.45, 7) is 6.38. The number of nitrogens with zero attached hydrogens (tertiary/aromatic N) is 1. The quantitative estimate of drug-likeness (QED) is 0.669. The largest absolute Gasteiger partial charge is 0.462 e. The second-order valence-electron chi connectivity index (χ2n) is 4.63. The van der Waals surface area contributed by atoms with Gasteiger partial charge in [0, 0.05) is 32.4 Å². The molecule has 0 aromatic heterocycles. The van der Waals surface area contributed by atoms with Crippen LogP contribution in [0.4, 0.5) is 0 Å². The van der Waals surface area contributed by atoms with Crippen LogP contribution in [-0.2, 0) is 14.3 Å². The molecule has 4 nitrogen and oxygen atoms in total. The molecule has 0 aliphatic carbocycles. The van der Waals surface area contributed by atoms with Crippen molar-refractivity contribution in [2.45, 2.75) is 65.0 Å². The van der Waals surface area contributed by atoms with Gasteiger partial charge in [-0.25, -0.2) is 0 Å². The second-order valence-corrected chi connectivity index (χ2v) is 4.63. The fraction of sp³-hybridized carbons (Fsp3) is 0.846. The lowest BCUT2D eigenvalue weighted by molar-refractivity contribution is -0.147. The molecule has 0 spiro atoms. The van der Waals surface area contributed by atoms with Gasteiger partial charge in [0.15, 0.2) is 0 Å². The standard InChI is InChI=1S/C13H23NO3/c1-4-11(14-8-6-7-13(14)16)9-12(5-2)17-10(3)15/h11-12H,4-9H2,1-3H3. The summed E-state index contributed by atoms with van der Waals surface area (Å²) in [5.74, 6) is 0.00831. The van der Waals surface area contributed by atoms with Crippen molar-refractivity contribution >= 4 is 11.9 Å². The molecule has 1 heterocycles. The maximum atomic E-state index is 11.7. The normalized spacial score (nSPS) is 19.2. The van der Waals surface area contributed by atoms with Crippen LogP contribution >= 0.6 is 0 Å². The van der Waals surface area contributed by atoms with Gasteiger partial charge in [0.05, 0.1) is 0 Å². The van der Waals surface area contributed by atoms with Crippen LogP contribution in [0.25, 0.3) is 0 Å². The molecule has 1 aliphatic heterocycles. The van der Waals surface area contributed by atoms with Gasteiger partial charge in [0.1, 0.15) is 6.10 Å². The summed E-state index contributed by atoms with van der Waals surface area (Å²) in [5.41, 5.74) is 0. The van der Waals surface area contributed by atoms with Crippen molar-refractivity contribution in [2.75, 3.05) is 6.54 Å². The van der Waals surface area contributed by atoms with Gasteiger partial charge in [-0.3, -0.25) is 9.59 Å². The SMILES string of the molecule is CCC(CC(CC)N1CCCC1=O)OC(C)=O. The number of amides is 1. The molecule has 1 rings (SSSR count). The third-order valence-corrected chi connectivity index (χ3v) is 3.34. The summed E-state index contributed by atoms with van der Waals surface area (Å²) in [4.78, 5) is 24.6. The van der Waals surface area contributed by atoms with Crippen molar-refractivity contribution < 1.29 is 14.3 Å². The Hall–Kier alpha value is -1.06. The Bertz CT molecular complexity index is 278. The van der Waals surface area contributed by atoms with Crippen LogP contribution in [0.2, 0.25) is 0 Å². The number of likely N-dealkylation sites (tertiary alicyclic amines) is 1. The number of hydrogen-bond acceptors (Lipinski definition) is 3. The van der Waals surface area contributed by atoms with Crippen molar-refractivity contribution in [1.82, 2.24) is 4.90 Å². The van der Waals surface area contributed by atoms with Gasteiger partial charge in [-0.05, 0) is 19.3 Å². The number of ether oxygens (including phenoxy) is 1. The highest BCUT2D eigenvalue weighted by Crippen LogP contribution is 2.21. The number of carbonyl (C=O) groups excluding carboxylic acids is 2. The molecule has 2 atom stereocenters. The van der Waals surface area contributed by atoms with E-state index in [4.69, 9.17) is 4.74 Å². The molecule has 0 aromatic rings. The summed E-state index contributed by atoms with van der Waals surface area (Å²) in [7, 11) is 0. The summed E-state index contributed by atoms with van der Waals surface area (Å²) >= 11 is 0. The van der Waals surface area contributed by atoms with E-state index < -0.39 is 0 Å². The maximum absolute atomic E-state index is 11.7. The van der Waals surface area contributed by atoms with E-state index in [1.807, 2.05) is 11.8 Å². The smallest absolute Gasteiger partial charge is 0.302 e. The molecule has 0 bridgehead atoms. The van der Waals surface area contributed by atoms with E-state index in [1.54, 1.807) is 0 Å². The minimum Gasteiger partial charge on any atom is -0.462 e. The minimum absolute atomic E-state index is 0.0640. The first kappa shape index (κ1) is 14.0. The van der Waals surface area contributed by atoms with Gasteiger partial charge >= 0.3 is 5.97 Å². The van der Waals surface area contributed by atoms with Crippen molar-refractivity contribution in [3.8, 4) is 0 Å². The first-order valence-electron chi connectivity index (χ1n) is 6.55. The molecule has 1 aliphatic rings. The fourth-order valence-corrected chi connectivity index (χ4v) is 2.41. The molecule has 1 fully saturated rings. The average Bonchev–Trinajstić information content (AvgIpc) is 2.70. The minimum atomic E-state index is -0.237. The van der Waals surface area contributed by atoms with Crippen LogP contribution in [0.3, 0.4) is 0 Å². The molecule has 17 heavy (non-hydrogen) atoms. The molecule has 0 radical (unpaired) electrons. The average molecular weight is 241 g/mol. The third kappa shape index (κ3) is 4.02. The Morgan fingerprint density at radius 3 is 2.53 bits per heavy atom. The topological polar surface area (TPSA) is 46.6 Å². The first-order valence-corrected chi connectivity index (χ1v) is 6.55. The van der Waals surface area contributed by atoms with Crippen molar-refractivity contribution in [3.63, 3.8) is 0 Å². The van der Waals surface area contributed by atoms with Crippen molar-refractivity contribution in [3.05, 3.63) is 0 Å². The van der Waals surface area contributed by atoms with E-state index in [2.05, 4.69) is 6.92 Å². The molecule has 1 amide bonds. The van der Waals surface area contributed by atoms with E-state index in [0.29, 0.717) is 6.42 Å². The van der Waals surface area contributed by atoms with E-state index >= 15 is 0 Å². The Morgan fingerprint density at radius 1 is 1.41 bits per heavy atom. The highest BCUT2D eigenvalue weighted by molar-refractivity contribution is 5.78. The molecule has 1 saturated heterocycles. The van der Waals surface area contributed by atoms with Crippen LogP contribution in [-0.4, -0.2) is 35.5 Å². The first-order chi connectivity index (χ1) is 8.08. The Kier molecular flexibility index (Phi) is 5.45. The fourth-order valence-electron chi connectivity index (χ4n) is 2.41. The predicted octanol–water partition coefficient (Wildman–Crippen LogP) is 2.12. The van der Waals surface area contributed by atoms with Gasteiger partial charge in [0.25, 0.3) is 0 Å². The maximum Gasteiger partial charge on any atom is 0.302 e. The molecule has 98 valence electrons. The van der Waals surface area contributed by atoms with E-state index in [9.17, 15) is 9.59 Å². The van der Waals surface area contributed by atoms with E-state index in [-0.39, 0.29) is 24.0 Å². The zero-order valence-corrected chi connectivity index (χ0v) is 11.1. The van der Waals surface area contributed by atoms with Gasteiger partial charge in [-0.2, -0.15) is 0 Å². The second kappa shape index (κ2) is 6.62. The highest BCUT2D eigenvalue weighted by Gasteiger charge is 2.28. The molecule has 0 N–H and O–H groups in total. The molecule has 4 heteroatoms. The van der Waals surface area contributed by atoms with Gasteiger partial charge < -0.3 is 9.64 Å². The number of rotatable bonds is 6. The monoisotopic (exact) mass is 241 g/mol. The lowest BCUT2D eigenvalue weighted by Gasteiger charge is -2.29. The van der Waals surface area contributed by atoms with Crippen LogP contribution in [0.1, 0.15) is 52.9 Å². The Morgan fingerprint density at radius 2 is 2.12 bits per heavy atom. The molecule has 0 saturated carbocycles. The summed E-state index contributed by atoms with van der Waals surface area (Å²) in [6, 6.07) is 0.217. The summed E-state index contributed by atoms with van der Waals surface area (Å²) < 4.78 is 5.25. The zero-order valence-electron chi connectivity index (χ0n) is 11.1. The van der Waals surface area contributed by atoms with Gasteiger partial charge in [-0.1, -0.05) is 13.8 Å². The molecular formula is C13H23NO3. The lowest BCUT2D eigenvalue weighted by Crippen LogP contribution is -2.38. The predicted molar refractivity (Wildman–Crippen MR) is 65.5 cm³/mol. The summed E-state index contributed by atoms with van der Waals surface area (Å²) in [5, 5.41) is 0. The van der Waals surface area contributed by atoms with Crippen LogP contribution < -0.4 is 0 Å². The van der Waals surface area contributed by atoms with E-state index in [0.717, 1.165) is 32.2 Å². The third-order valence-electron chi connectivity index (χ3n) is 3.34. The highest BCUT2D eigenvalue weighted by atomic mass is 16.5. The van der Waals surface area contributed by atoms with Crippen molar-refractivity contribution in [1.29, 1.82) is 0 Å². The van der Waals surface area contributed by atoms with Crippen LogP contribution in [0.15, 0.2) is 0 Å². The van der Waals surface area contributed by atoms with E-state index in [1.165, 1.54) is 6.92 Å². The molecular weight excluding hydrogens is 218 g/mol. The Balaban J connectivity index is 2.55.